The highest BCUT2D eigenvalue weighted by Crippen LogP contribution is 2.35. The molecule has 0 atom stereocenters. The molecule has 29 heavy (non-hydrogen) atoms. The molecule has 0 fully saturated rings. The maximum absolute atomic E-state index is 6.09. The van der Waals surface area contributed by atoms with Crippen molar-refractivity contribution in [3.05, 3.63) is 83.4 Å². The minimum absolute atomic E-state index is 0.726. The molecule has 3 heteroatoms. The van der Waals surface area contributed by atoms with Gasteiger partial charge in [0.05, 0.1) is 0 Å². The van der Waals surface area contributed by atoms with E-state index in [-0.39, 0.29) is 0 Å². The van der Waals surface area contributed by atoms with Gasteiger partial charge in [0.1, 0.15) is 11.5 Å². The van der Waals surface area contributed by atoms with Crippen molar-refractivity contribution in [3.63, 3.8) is 0 Å². The van der Waals surface area contributed by atoms with Crippen LogP contribution < -0.4 is 10.5 Å². The third-order valence-corrected chi connectivity index (χ3v) is 5.25. The zero-order valence-electron chi connectivity index (χ0n) is 17.2. The summed E-state index contributed by atoms with van der Waals surface area (Å²) >= 11 is 0. The number of hydrogen-bond acceptors (Lipinski definition) is 2. The van der Waals surface area contributed by atoms with Crippen molar-refractivity contribution in [2.24, 2.45) is 5.73 Å². The normalized spacial score (nSPS) is 11.1. The number of para-hydroxylation sites is 1. The maximum Gasteiger partial charge on any atom is 0.128 e. The van der Waals surface area contributed by atoms with Gasteiger partial charge in [0.2, 0.25) is 0 Å². The lowest BCUT2D eigenvalue weighted by molar-refractivity contribution is 0.483. The summed E-state index contributed by atoms with van der Waals surface area (Å²) in [5.74, 6) is 1.70. The van der Waals surface area contributed by atoms with E-state index in [1.807, 2.05) is 36.4 Å². The average Bonchev–Trinajstić information content (AvgIpc) is 3.06. The van der Waals surface area contributed by atoms with Gasteiger partial charge in [0.25, 0.3) is 0 Å². The molecular weight excluding hydrogens is 356 g/mol. The summed E-state index contributed by atoms with van der Waals surface area (Å²) in [6, 6.07) is 22.9. The Bertz CT molecular complexity index is 1090. The molecule has 0 saturated carbocycles. The monoisotopic (exact) mass is 384 g/mol. The number of ether oxygens (including phenoxy) is 1. The Kier molecular flexibility index (Phi) is 5.68. The van der Waals surface area contributed by atoms with Crippen LogP contribution in [0.25, 0.3) is 22.2 Å². The molecule has 0 radical (unpaired) electrons. The van der Waals surface area contributed by atoms with E-state index in [4.69, 9.17) is 10.5 Å². The fourth-order valence-electron chi connectivity index (χ4n) is 3.99. The van der Waals surface area contributed by atoms with Crippen molar-refractivity contribution >= 4 is 10.9 Å². The lowest BCUT2D eigenvalue weighted by atomic mass is 9.98. The highest BCUT2D eigenvalue weighted by atomic mass is 16.5. The van der Waals surface area contributed by atoms with Crippen LogP contribution in [0.15, 0.2) is 66.7 Å². The molecule has 148 valence electrons. The summed E-state index contributed by atoms with van der Waals surface area (Å²) in [6.45, 7) is 5.03. The molecule has 4 rings (SSSR count). The first-order valence-electron chi connectivity index (χ1n) is 10.3. The molecule has 0 aliphatic heterocycles. The largest absolute Gasteiger partial charge is 0.457 e. The number of nitrogens with two attached hydrogens (primary N) is 1. The first-order chi connectivity index (χ1) is 14.1. The Morgan fingerprint density at radius 3 is 2.31 bits per heavy atom. The molecular formula is C26H28N2O. The molecule has 3 aromatic carbocycles. The van der Waals surface area contributed by atoms with Crippen molar-refractivity contribution in [1.82, 2.24) is 4.98 Å². The van der Waals surface area contributed by atoms with Crippen LogP contribution in [-0.4, -0.2) is 11.5 Å². The summed E-state index contributed by atoms with van der Waals surface area (Å²) in [5.41, 5.74) is 13.2. The van der Waals surface area contributed by atoms with Gasteiger partial charge >= 0.3 is 0 Å². The molecule has 0 bridgehead atoms. The van der Waals surface area contributed by atoms with Crippen LogP contribution in [0.3, 0.4) is 0 Å². The van der Waals surface area contributed by atoms with E-state index >= 15 is 0 Å². The Hall–Kier alpha value is -3.04. The SMILES string of the molecule is Cc1cc(C)cc(-c2[nH]c3ccc(Oc4ccccc4)cc3c2CCCCN)c1. The van der Waals surface area contributed by atoms with Crippen molar-refractivity contribution in [2.75, 3.05) is 6.54 Å². The van der Waals surface area contributed by atoms with Gasteiger partial charge in [-0.05, 0) is 93.2 Å². The molecule has 0 spiro atoms. The van der Waals surface area contributed by atoms with Crippen LogP contribution in [0.1, 0.15) is 29.5 Å². The summed E-state index contributed by atoms with van der Waals surface area (Å²) in [6.07, 6.45) is 3.10. The number of aromatic nitrogens is 1. The summed E-state index contributed by atoms with van der Waals surface area (Å²) < 4.78 is 6.09. The van der Waals surface area contributed by atoms with E-state index in [0.717, 1.165) is 42.8 Å². The molecule has 0 aliphatic carbocycles. The number of rotatable bonds is 7. The molecule has 0 unspecified atom stereocenters. The van der Waals surface area contributed by atoms with E-state index in [9.17, 15) is 0 Å². The minimum atomic E-state index is 0.726. The third kappa shape index (κ3) is 4.36. The first-order valence-corrected chi connectivity index (χ1v) is 10.3. The summed E-state index contributed by atoms with van der Waals surface area (Å²) in [4.78, 5) is 3.67. The number of benzene rings is 3. The van der Waals surface area contributed by atoms with Gasteiger partial charge in [-0.25, -0.2) is 0 Å². The number of H-pyrrole nitrogens is 1. The van der Waals surface area contributed by atoms with Gasteiger partial charge in [0.15, 0.2) is 0 Å². The standard InChI is InChI=1S/C26H28N2O/c1-18-14-19(2)16-20(15-18)26-23(10-6-7-13-27)24-17-22(11-12-25(24)28-26)29-21-8-4-3-5-9-21/h3-5,8-9,11-12,14-17,28H,6-7,10,13,27H2,1-2H3. The minimum Gasteiger partial charge on any atom is -0.457 e. The molecule has 0 saturated heterocycles. The van der Waals surface area contributed by atoms with E-state index in [1.54, 1.807) is 0 Å². The Morgan fingerprint density at radius 1 is 0.828 bits per heavy atom. The van der Waals surface area contributed by atoms with Gasteiger partial charge in [-0.15, -0.1) is 0 Å². The van der Waals surface area contributed by atoms with Crippen LogP contribution >= 0.6 is 0 Å². The number of hydrogen-bond donors (Lipinski definition) is 2. The lowest BCUT2D eigenvalue weighted by Crippen LogP contribution is -1.99. The number of unbranched alkanes of at least 4 members (excludes halogenated alkanes) is 1. The Balaban J connectivity index is 1.79. The Morgan fingerprint density at radius 2 is 1.59 bits per heavy atom. The molecule has 0 amide bonds. The quantitative estimate of drug-likeness (QED) is 0.356. The first kappa shape index (κ1) is 19.3. The molecule has 1 heterocycles. The lowest BCUT2D eigenvalue weighted by Gasteiger charge is -2.08. The van der Waals surface area contributed by atoms with E-state index in [2.05, 4.69) is 49.2 Å². The van der Waals surface area contributed by atoms with Gasteiger partial charge in [-0.1, -0.05) is 35.4 Å². The van der Waals surface area contributed by atoms with Gasteiger partial charge in [-0.2, -0.15) is 0 Å². The van der Waals surface area contributed by atoms with E-state index in [1.165, 1.54) is 33.3 Å². The highest BCUT2D eigenvalue weighted by Gasteiger charge is 2.15. The average molecular weight is 385 g/mol. The summed E-state index contributed by atoms with van der Waals surface area (Å²) in [5, 5.41) is 1.23. The van der Waals surface area contributed by atoms with Gasteiger partial charge < -0.3 is 15.5 Å². The topological polar surface area (TPSA) is 51.0 Å². The fraction of sp³-hybridized carbons (Fsp3) is 0.231. The zero-order chi connectivity index (χ0) is 20.2. The van der Waals surface area contributed by atoms with Crippen molar-refractivity contribution in [1.29, 1.82) is 0 Å². The molecule has 3 nitrogen and oxygen atoms in total. The maximum atomic E-state index is 6.09. The van der Waals surface area contributed by atoms with E-state index in [0.29, 0.717) is 0 Å². The Labute approximate surface area is 172 Å². The van der Waals surface area contributed by atoms with Crippen molar-refractivity contribution in [2.45, 2.75) is 33.1 Å². The zero-order valence-corrected chi connectivity index (χ0v) is 17.2. The van der Waals surface area contributed by atoms with Crippen molar-refractivity contribution < 1.29 is 4.74 Å². The predicted octanol–water partition coefficient (Wildman–Crippen LogP) is 6.53. The molecule has 1 aromatic heterocycles. The van der Waals surface area contributed by atoms with Crippen LogP contribution in [0, 0.1) is 13.8 Å². The van der Waals surface area contributed by atoms with Crippen LogP contribution in [0.4, 0.5) is 0 Å². The van der Waals surface area contributed by atoms with Gasteiger partial charge in [-0.3, -0.25) is 0 Å². The van der Waals surface area contributed by atoms with Crippen LogP contribution in [0.2, 0.25) is 0 Å². The number of fused-ring (bicyclic) bond motifs is 1. The number of aryl methyl sites for hydroxylation is 3. The van der Waals surface area contributed by atoms with Gasteiger partial charge in [0, 0.05) is 16.6 Å². The predicted molar refractivity (Wildman–Crippen MR) is 122 cm³/mol. The van der Waals surface area contributed by atoms with Crippen molar-refractivity contribution in [3.8, 4) is 22.8 Å². The number of nitrogens with one attached hydrogen (secondary N) is 1. The highest BCUT2D eigenvalue weighted by molar-refractivity contribution is 5.92. The fourth-order valence-corrected chi connectivity index (χ4v) is 3.99. The smallest absolute Gasteiger partial charge is 0.128 e. The molecule has 4 aromatic rings. The van der Waals surface area contributed by atoms with Crippen LogP contribution in [-0.2, 0) is 6.42 Å². The second kappa shape index (κ2) is 8.54. The van der Waals surface area contributed by atoms with E-state index < -0.39 is 0 Å². The number of aromatic amines is 1. The van der Waals surface area contributed by atoms with Crippen LogP contribution in [0.5, 0.6) is 11.5 Å². The second-order valence-electron chi connectivity index (χ2n) is 7.72. The summed E-state index contributed by atoms with van der Waals surface area (Å²) in [7, 11) is 0. The molecule has 3 N–H and O–H groups in total. The molecule has 0 aliphatic rings. The second-order valence-corrected chi connectivity index (χ2v) is 7.72. The third-order valence-electron chi connectivity index (χ3n) is 5.25.